The van der Waals surface area contributed by atoms with Crippen LogP contribution in [0.4, 0.5) is 0 Å². The molecule has 1 amide bonds. The fraction of sp³-hybridized carbons (Fsp3) is 0.643. The van der Waals surface area contributed by atoms with Crippen LogP contribution in [0.5, 0.6) is 0 Å². The van der Waals surface area contributed by atoms with E-state index >= 15 is 0 Å². The number of aliphatic hydroxyl groups excluding tert-OH is 1. The summed E-state index contributed by atoms with van der Waals surface area (Å²) in [7, 11) is 0. The summed E-state index contributed by atoms with van der Waals surface area (Å²) in [6.07, 6.45) is -1.03. The molecule has 1 saturated heterocycles. The molecule has 116 valence electrons. The lowest BCUT2D eigenvalue weighted by Gasteiger charge is -2.17. The van der Waals surface area contributed by atoms with E-state index in [-0.39, 0.29) is 25.1 Å². The van der Waals surface area contributed by atoms with Crippen molar-refractivity contribution < 1.29 is 14.6 Å². The third-order valence-corrected chi connectivity index (χ3v) is 3.61. The summed E-state index contributed by atoms with van der Waals surface area (Å²) >= 11 is 0. The van der Waals surface area contributed by atoms with Gasteiger partial charge in [-0.05, 0) is 26.8 Å². The number of aliphatic hydroxyl groups is 1. The highest BCUT2D eigenvalue weighted by Crippen LogP contribution is 2.14. The molecule has 0 saturated carbocycles. The van der Waals surface area contributed by atoms with Crippen molar-refractivity contribution in [2.45, 2.75) is 39.5 Å². The van der Waals surface area contributed by atoms with E-state index in [1.165, 1.54) is 9.47 Å². The zero-order valence-corrected chi connectivity index (χ0v) is 12.6. The van der Waals surface area contributed by atoms with E-state index in [0.29, 0.717) is 24.5 Å². The van der Waals surface area contributed by atoms with Crippen LogP contribution in [-0.4, -0.2) is 57.4 Å². The molecule has 0 unspecified atom stereocenters. The number of nitrogens with zero attached hydrogens (tertiary/aromatic N) is 3. The molecule has 1 aromatic rings. The average molecular weight is 295 g/mol. The number of β-amino-alcohol motifs (C(OH)–C–C–N with tert-alkyl or cyclic N) is 1. The van der Waals surface area contributed by atoms with Crippen LogP contribution in [0.15, 0.2) is 10.9 Å². The maximum absolute atomic E-state index is 12.3. The van der Waals surface area contributed by atoms with E-state index < -0.39 is 11.8 Å². The number of likely N-dealkylation sites (tertiary alicyclic amines) is 1. The van der Waals surface area contributed by atoms with Gasteiger partial charge in [-0.1, -0.05) is 0 Å². The molecule has 2 atom stereocenters. The van der Waals surface area contributed by atoms with Crippen LogP contribution in [0.1, 0.15) is 18.3 Å². The summed E-state index contributed by atoms with van der Waals surface area (Å²) in [6.45, 7) is 6.36. The summed E-state index contributed by atoms with van der Waals surface area (Å²) in [6, 6.07) is 1.76. The minimum atomic E-state index is -0.678. The molecule has 1 aliphatic rings. The quantitative estimate of drug-likeness (QED) is 0.807. The van der Waals surface area contributed by atoms with Gasteiger partial charge < -0.3 is 14.7 Å². The van der Waals surface area contributed by atoms with Crippen molar-refractivity contribution in [1.82, 2.24) is 14.5 Å². The van der Waals surface area contributed by atoms with Gasteiger partial charge in [0.05, 0.1) is 6.10 Å². The molecule has 0 aliphatic carbocycles. The van der Waals surface area contributed by atoms with Crippen molar-refractivity contribution in [2.24, 2.45) is 0 Å². The number of carbonyl (C=O) groups is 1. The predicted molar refractivity (Wildman–Crippen MR) is 76.0 cm³/mol. The highest BCUT2D eigenvalue weighted by molar-refractivity contribution is 5.76. The van der Waals surface area contributed by atoms with Crippen LogP contribution in [-0.2, 0) is 16.1 Å². The molecule has 1 N–H and O–H groups in total. The topological polar surface area (TPSA) is 84.7 Å². The van der Waals surface area contributed by atoms with Crippen molar-refractivity contribution in [3.05, 3.63) is 27.9 Å². The number of aromatic nitrogens is 2. The second-order valence-electron chi connectivity index (χ2n) is 5.27. The summed E-state index contributed by atoms with van der Waals surface area (Å²) in [4.78, 5) is 29.5. The number of carbonyl (C=O) groups excluding carboxylic acids is 1. The third kappa shape index (κ3) is 3.48. The fourth-order valence-corrected chi connectivity index (χ4v) is 2.54. The van der Waals surface area contributed by atoms with Crippen molar-refractivity contribution >= 4 is 5.91 Å². The van der Waals surface area contributed by atoms with Crippen molar-refractivity contribution in [3.8, 4) is 0 Å². The summed E-state index contributed by atoms with van der Waals surface area (Å²) in [5.74, 6) is -0.216. The maximum Gasteiger partial charge on any atom is 0.348 e. The van der Waals surface area contributed by atoms with Crippen LogP contribution in [0.3, 0.4) is 0 Å². The molecule has 1 aromatic heterocycles. The lowest BCUT2D eigenvalue weighted by molar-refractivity contribution is -0.131. The molecular weight excluding hydrogens is 274 g/mol. The second kappa shape index (κ2) is 6.36. The molecular formula is C14H21N3O4. The fourth-order valence-electron chi connectivity index (χ4n) is 2.54. The monoisotopic (exact) mass is 295 g/mol. The Kier molecular flexibility index (Phi) is 4.74. The van der Waals surface area contributed by atoms with Gasteiger partial charge in [-0.3, -0.25) is 9.36 Å². The highest BCUT2D eigenvalue weighted by Gasteiger charge is 2.34. The van der Waals surface area contributed by atoms with Gasteiger partial charge in [0.2, 0.25) is 5.91 Å². The zero-order chi connectivity index (χ0) is 15.6. The van der Waals surface area contributed by atoms with Gasteiger partial charge in [0, 0.05) is 31.1 Å². The van der Waals surface area contributed by atoms with Crippen molar-refractivity contribution in [2.75, 3.05) is 19.7 Å². The number of aryl methyl sites for hydroxylation is 2. The van der Waals surface area contributed by atoms with Gasteiger partial charge >= 0.3 is 5.69 Å². The van der Waals surface area contributed by atoms with Gasteiger partial charge in [0.1, 0.15) is 12.6 Å². The lowest BCUT2D eigenvalue weighted by Crippen LogP contribution is -2.37. The Labute approximate surface area is 123 Å². The molecule has 2 heterocycles. The van der Waals surface area contributed by atoms with E-state index in [1.54, 1.807) is 19.9 Å². The third-order valence-electron chi connectivity index (χ3n) is 3.61. The van der Waals surface area contributed by atoms with Crippen LogP contribution >= 0.6 is 0 Å². The Hall–Kier alpha value is -1.73. The first-order valence-corrected chi connectivity index (χ1v) is 7.05. The number of hydrogen-bond donors (Lipinski definition) is 1. The second-order valence-corrected chi connectivity index (χ2v) is 5.27. The average Bonchev–Trinajstić information content (AvgIpc) is 2.76. The Bertz CT molecular complexity index is 584. The molecule has 0 aromatic carbocycles. The molecule has 1 aliphatic heterocycles. The Balaban J connectivity index is 2.08. The van der Waals surface area contributed by atoms with Crippen LogP contribution < -0.4 is 5.69 Å². The smallest absolute Gasteiger partial charge is 0.348 e. The van der Waals surface area contributed by atoms with Gasteiger partial charge in [-0.15, -0.1) is 0 Å². The van der Waals surface area contributed by atoms with E-state index in [0.717, 1.165) is 0 Å². The summed E-state index contributed by atoms with van der Waals surface area (Å²) in [5, 5.41) is 9.85. The standard InChI is InChI=1S/C14H21N3O4/c1-4-21-12-7-16(6-11(12)18)13(19)8-17-10(3)5-9(2)15-14(17)20/h5,11-12,18H,4,6-8H2,1-3H3/t11-,12-/m1/s1. The minimum absolute atomic E-state index is 0.0660. The largest absolute Gasteiger partial charge is 0.388 e. The first-order chi connectivity index (χ1) is 9.92. The Morgan fingerprint density at radius 2 is 2.19 bits per heavy atom. The van der Waals surface area contributed by atoms with Crippen LogP contribution in [0.25, 0.3) is 0 Å². The number of amides is 1. The van der Waals surface area contributed by atoms with Crippen molar-refractivity contribution in [1.29, 1.82) is 0 Å². The molecule has 0 spiro atoms. The Morgan fingerprint density at radius 1 is 1.48 bits per heavy atom. The number of ether oxygens (including phenoxy) is 1. The van der Waals surface area contributed by atoms with E-state index in [1.807, 2.05) is 6.92 Å². The van der Waals surface area contributed by atoms with E-state index in [4.69, 9.17) is 4.74 Å². The van der Waals surface area contributed by atoms with Crippen molar-refractivity contribution in [3.63, 3.8) is 0 Å². The summed E-state index contributed by atoms with van der Waals surface area (Å²) < 4.78 is 6.73. The molecule has 2 rings (SSSR count). The first kappa shape index (κ1) is 15.7. The molecule has 0 bridgehead atoms. The van der Waals surface area contributed by atoms with Gasteiger partial charge in [-0.25, -0.2) is 4.79 Å². The molecule has 7 nitrogen and oxygen atoms in total. The Morgan fingerprint density at radius 3 is 2.81 bits per heavy atom. The highest BCUT2D eigenvalue weighted by atomic mass is 16.5. The maximum atomic E-state index is 12.3. The first-order valence-electron chi connectivity index (χ1n) is 7.05. The lowest BCUT2D eigenvalue weighted by atomic mass is 10.3. The van der Waals surface area contributed by atoms with Gasteiger partial charge in [0.15, 0.2) is 0 Å². The molecule has 0 radical (unpaired) electrons. The summed E-state index contributed by atoms with van der Waals surface area (Å²) in [5.41, 5.74) is 0.901. The predicted octanol–water partition coefficient (Wildman–Crippen LogP) is -0.532. The minimum Gasteiger partial charge on any atom is -0.388 e. The van der Waals surface area contributed by atoms with Crippen LogP contribution in [0.2, 0.25) is 0 Å². The van der Waals surface area contributed by atoms with E-state index in [9.17, 15) is 14.7 Å². The molecule has 1 fully saturated rings. The van der Waals surface area contributed by atoms with Gasteiger partial charge in [0.25, 0.3) is 0 Å². The zero-order valence-electron chi connectivity index (χ0n) is 12.6. The van der Waals surface area contributed by atoms with E-state index in [2.05, 4.69) is 4.98 Å². The number of hydrogen-bond acceptors (Lipinski definition) is 5. The SMILES string of the molecule is CCO[C@@H]1CN(C(=O)Cn2c(C)cc(C)nc2=O)C[C@H]1O. The molecule has 7 heteroatoms. The number of rotatable bonds is 4. The molecule has 21 heavy (non-hydrogen) atoms. The normalized spacial score (nSPS) is 21.8. The van der Waals surface area contributed by atoms with Crippen LogP contribution in [0, 0.1) is 13.8 Å². The van der Waals surface area contributed by atoms with Gasteiger partial charge in [-0.2, -0.15) is 4.98 Å².